The van der Waals surface area contributed by atoms with Crippen molar-refractivity contribution in [3.8, 4) is 5.75 Å². The van der Waals surface area contributed by atoms with E-state index < -0.39 is 5.82 Å². The van der Waals surface area contributed by atoms with Gasteiger partial charge in [-0.25, -0.2) is 4.39 Å². The summed E-state index contributed by atoms with van der Waals surface area (Å²) < 4.78 is 18.7. The van der Waals surface area contributed by atoms with E-state index in [1.807, 2.05) is 6.07 Å². The zero-order valence-electron chi connectivity index (χ0n) is 11.0. The summed E-state index contributed by atoms with van der Waals surface area (Å²) in [5.41, 5.74) is 7.28. The number of carbonyl (C=O) groups is 1. The Balaban J connectivity index is 1.95. The number of rotatable bonds is 4. The second-order valence-electron chi connectivity index (χ2n) is 4.34. The Morgan fingerprint density at radius 2 is 2.00 bits per heavy atom. The molecule has 0 saturated heterocycles. The lowest BCUT2D eigenvalue weighted by Crippen LogP contribution is -2.20. The molecule has 3 N–H and O–H groups in total. The quantitative estimate of drug-likeness (QED) is 0.842. The standard InChI is InChI=1S/C15H15FN2O2/c1-10-7-14(12(16)8-13(10)17)20-9-15(19)18-11-5-3-2-4-6-11/h2-8H,9,17H2,1H3,(H,18,19). The van der Waals surface area contributed by atoms with Crippen LogP contribution in [-0.2, 0) is 4.79 Å². The van der Waals surface area contributed by atoms with Gasteiger partial charge >= 0.3 is 0 Å². The van der Waals surface area contributed by atoms with Crippen LogP contribution in [0.3, 0.4) is 0 Å². The Morgan fingerprint density at radius 1 is 1.30 bits per heavy atom. The monoisotopic (exact) mass is 274 g/mol. The van der Waals surface area contributed by atoms with Crippen molar-refractivity contribution in [1.82, 2.24) is 0 Å². The third kappa shape index (κ3) is 3.47. The SMILES string of the molecule is Cc1cc(OCC(=O)Nc2ccccc2)c(F)cc1N. The van der Waals surface area contributed by atoms with Crippen LogP contribution in [0.4, 0.5) is 15.8 Å². The molecule has 5 heteroatoms. The van der Waals surface area contributed by atoms with Crippen LogP contribution < -0.4 is 15.8 Å². The van der Waals surface area contributed by atoms with Gasteiger partial charge in [-0.3, -0.25) is 4.79 Å². The molecule has 20 heavy (non-hydrogen) atoms. The van der Waals surface area contributed by atoms with E-state index in [0.717, 1.165) is 0 Å². The Bertz CT molecular complexity index is 615. The number of nitrogen functional groups attached to an aromatic ring is 1. The van der Waals surface area contributed by atoms with Crippen LogP contribution in [0.25, 0.3) is 0 Å². The van der Waals surface area contributed by atoms with Crippen molar-refractivity contribution in [1.29, 1.82) is 0 Å². The van der Waals surface area contributed by atoms with Gasteiger partial charge in [0.25, 0.3) is 5.91 Å². The lowest BCUT2D eigenvalue weighted by atomic mass is 10.2. The number of amides is 1. The maximum Gasteiger partial charge on any atom is 0.262 e. The molecule has 2 aromatic carbocycles. The number of hydrogen-bond acceptors (Lipinski definition) is 3. The van der Waals surface area contributed by atoms with Gasteiger partial charge in [-0.2, -0.15) is 0 Å². The number of nitrogens with one attached hydrogen (secondary N) is 1. The molecule has 1 amide bonds. The maximum atomic E-state index is 13.6. The Labute approximate surface area is 116 Å². The van der Waals surface area contributed by atoms with Crippen LogP contribution in [0.2, 0.25) is 0 Å². The van der Waals surface area contributed by atoms with Crippen LogP contribution in [0.1, 0.15) is 5.56 Å². The van der Waals surface area contributed by atoms with Crippen molar-refractivity contribution in [3.05, 3.63) is 53.8 Å². The van der Waals surface area contributed by atoms with Gasteiger partial charge in [0, 0.05) is 17.4 Å². The first-order valence-electron chi connectivity index (χ1n) is 6.09. The van der Waals surface area contributed by atoms with Crippen LogP contribution in [0, 0.1) is 12.7 Å². The van der Waals surface area contributed by atoms with E-state index in [2.05, 4.69) is 5.32 Å². The molecule has 0 aromatic heterocycles. The van der Waals surface area contributed by atoms with Crippen molar-refractivity contribution < 1.29 is 13.9 Å². The van der Waals surface area contributed by atoms with Crippen molar-refractivity contribution >= 4 is 17.3 Å². The molecule has 0 radical (unpaired) electrons. The largest absolute Gasteiger partial charge is 0.481 e. The second kappa shape index (κ2) is 6.06. The van der Waals surface area contributed by atoms with Crippen LogP contribution >= 0.6 is 0 Å². The molecule has 0 aliphatic carbocycles. The fourth-order valence-corrected chi connectivity index (χ4v) is 1.64. The summed E-state index contributed by atoms with van der Waals surface area (Å²) in [5.74, 6) is -0.925. The molecule has 2 rings (SSSR count). The van der Waals surface area contributed by atoms with Gasteiger partial charge < -0.3 is 15.8 Å². The summed E-state index contributed by atoms with van der Waals surface area (Å²) in [5, 5.41) is 2.65. The molecule has 0 aliphatic heterocycles. The maximum absolute atomic E-state index is 13.6. The molecular weight excluding hydrogens is 259 g/mol. The Morgan fingerprint density at radius 3 is 2.70 bits per heavy atom. The molecule has 0 fully saturated rings. The van der Waals surface area contributed by atoms with E-state index in [4.69, 9.17) is 10.5 Å². The van der Waals surface area contributed by atoms with E-state index in [9.17, 15) is 9.18 Å². The lowest BCUT2D eigenvalue weighted by Gasteiger charge is -2.10. The first-order chi connectivity index (χ1) is 9.56. The van der Waals surface area contributed by atoms with Crippen molar-refractivity contribution in [2.75, 3.05) is 17.7 Å². The molecule has 0 bridgehead atoms. The highest BCUT2D eigenvalue weighted by molar-refractivity contribution is 5.91. The Kier molecular flexibility index (Phi) is 4.20. The molecule has 4 nitrogen and oxygen atoms in total. The molecule has 2 aromatic rings. The predicted molar refractivity (Wildman–Crippen MR) is 76.1 cm³/mol. The summed E-state index contributed by atoms with van der Waals surface area (Å²) in [6.07, 6.45) is 0. The van der Waals surface area contributed by atoms with E-state index in [0.29, 0.717) is 16.9 Å². The molecule has 0 spiro atoms. The number of nitrogens with two attached hydrogens (primary N) is 1. The number of carbonyl (C=O) groups excluding carboxylic acids is 1. The highest BCUT2D eigenvalue weighted by Crippen LogP contribution is 2.23. The number of hydrogen-bond donors (Lipinski definition) is 2. The van der Waals surface area contributed by atoms with E-state index in [-0.39, 0.29) is 18.3 Å². The topological polar surface area (TPSA) is 64.3 Å². The second-order valence-corrected chi connectivity index (χ2v) is 4.34. The normalized spacial score (nSPS) is 10.1. The number of para-hydroxylation sites is 1. The first-order valence-corrected chi connectivity index (χ1v) is 6.09. The van der Waals surface area contributed by atoms with Gasteiger partial charge in [-0.05, 0) is 30.7 Å². The molecule has 0 saturated carbocycles. The van der Waals surface area contributed by atoms with E-state index in [1.165, 1.54) is 12.1 Å². The average molecular weight is 274 g/mol. The number of ether oxygens (including phenoxy) is 1. The molecule has 0 unspecified atom stereocenters. The number of aryl methyl sites for hydroxylation is 1. The molecule has 0 heterocycles. The lowest BCUT2D eigenvalue weighted by molar-refractivity contribution is -0.118. The smallest absolute Gasteiger partial charge is 0.262 e. The van der Waals surface area contributed by atoms with Crippen molar-refractivity contribution in [3.63, 3.8) is 0 Å². The van der Waals surface area contributed by atoms with Gasteiger partial charge in [-0.15, -0.1) is 0 Å². The van der Waals surface area contributed by atoms with Gasteiger partial charge in [0.05, 0.1) is 0 Å². The highest BCUT2D eigenvalue weighted by Gasteiger charge is 2.09. The van der Waals surface area contributed by atoms with Crippen molar-refractivity contribution in [2.24, 2.45) is 0 Å². The van der Waals surface area contributed by atoms with Gasteiger partial charge in [0.1, 0.15) is 0 Å². The summed E-state index contributed by atoms with van der Waals surface area (Å²) in [6, 6.07) is 11.6. The fourth-order valence-electron chi connectivity index (χ4n) is 1.64. The molecular formula is C15H15FN2O2. The first kappa shape index (κ1) is 13.9. The Hall–Kier alpha value is -2.56. The van der Waals surface area contributed by atoms with Crippen LogP contribution in [0.15, 0.2) is 42.5 Å². The third-order valence-corrected chi connectivity index (χ3v) is 2.74. The van der Waals surface area contributed by atoms with Crippen LogP contribution in [0.5, 0.6) is 5.75 Å². The zero-order valence-corrected chi connectivity index (χ0v) is 11.0. The van der Waals surface area contributed by atoms with Gasteiger partial charge in [0.15, 0.2) is 18.2 Å². The number of halogens is 1. The predicted octanol–water partition coefficient (Wildman–Crippen LogP) is 2.73. The average Bonchev–Trinajstić information content (AvgIpc) is 2.42. The minimum atomic E-state index is -0.583. The number of benzene rings is 2. The molecule has 0 aliphatic rings. The van der Waals surface area contributed by atoms with E-state index in [1.54, 1.807) is 31.2 Å². The summed E-state index contributed by atoms with van der Waals surface area (Å²) in [6.45, 7) is 1.47. The van der Waals surface area contributed by atoms with Gasteiger partial charge in [-0.1, -0.05) is 18.2 Å². The summed E-state index contributed by atoms with van der Waals surface area (Å²) in [7, 11) is 0. The summed E-state index contributed by atoms with van der Waals surface area (Å²) >= 11 is 0. The van der Waals surface area contributed by atoms with E-state index >= 15 is 0 Å². The van der Waals surface area contributed by atoms with Crippen LogP contribution in [-0.4, -0.2) is 12.5 Å². The molecule has 0 atom stereocenters. The van der Waals surface area contributed by atoms with Gasteiger partial charge in [0.2, 0.25) is 0 Å². The fraction of sp³-hybridized carbons (Fsp3) is 0.133. The number of anilines is 2. The molecule has 104 valence electrons. The minimum Gasteiger partial charge on any atom is -0.481 e. The van der Waals surface area contributed by atoms with Crippen molar-refractivity contribution in [2.45, 2.75) is 6.92 Å². The zero-order chi connectivity index (χ0) is 14.5. The highest BCUT2D eigenvalue weighted by atomic mass is 19.1. The third-order valence-electron chi connectivity index (χ3n) is 2.74. The minimum absolute atomic E-state index is 0.0138. The summed E-state index contributed by atoms with van der Waals surface area (Å²) in [4.78, 5) is 11.7.